The summed E-state index contributed by atoms with van der Waals surface area (Å²) in [6.45, 7) is 5.44. The van der Waals surface area contributed by atoms with Crippen LogP contribution in [-0.2, 0) is 6.54 Å². The van der Waals surface area contributed by atoms with Crippen LogP contribution >= 0.6 is 47.2 Å². The van der Waals surface area contributed by atoms with Gasteiger partial charge in [-0.15, -0.1) is 24.0 Å². The summed E-state index contributed by atoms with van der Waals surface area (Å²) in [5.41, 5.74) is 2.67. The highest BCUT2D eigenvalue weighted by Crippen LogP contribution is 2.23. The van der Waals surface area contributed by atoms with Gasteiger partial charge in [-0.2, -0.15) is 0 Å². The Bertz CT molecular complexity index is 723. The third kappa shape index (κ3) is 7.26. The van der Waals surface area contributed by atoms with Crippen molar-refractivity contribution in [2.24, 2.45) is 4.99 Å². The summed E-state index contributed by atoms with van der Waals surface area (Å²) >= 11 is 12.0. The molecule has 0 aliphatic carbocycles. The molecule has 8 heteroatoms. The van der Waals surface area contributed by atoms with E-state index in [4.69, 9.17) is 23.2 Å². The maximum atomic E-state index is 10.3. The van der Waals surface area contributed by atoms with Gasteiger partial charge >= 0.3 is 0 Å². The molecule has 0 amide bonds. The first kappa shape index (κ1) is 23.0. The van der Waals surface area contributed by atoms with Gasteiger partial charge in [-0.3, -0.25) is 4.98 Å². The Morgan fingerprint density at radius 1 is 1.23 bits per heavy atom. The number of aliphatic imine (C=N–C) groups is 1. The summed E-state index contributed by atoms with van der Waals surface area (Å²) in [5, 5.41) is 17.6. The van der Waals surface area contributed by atoms with Crippen molar-refractivity contribution in [1.29, 1.82) is 0 Å². The Hall–Kier alpha value is -1.09. The lowest BCUT2D eigenvalue weighted by molar-refractivity contribution is 0.181. The molecule has 2 aromatic rings. The highest BCUT2D eigenvalue weighted by Gasteiger charge is 2.10. The van der Waals surface area contributed by atoms with Crippen molar-refractivity contribution in [1.82, 2.24) is 15.6 Å². The van der Waals surface area contributed by atoms with Crippen LogP contribution in [0.25, 0.3) is 0 Å². The van der Waals surface area contributed by atoms with Crippen LogP contribution in [-0.4, -0.2) is 29.1 Å². The molecule has 2 rings (SSSR count). The number of rotatable bonds is 6. The van der Waals surface area contributed by atoms with E-state index in [-0.39, 0.29) is 30.5 Å². The van der Waals surface area contributed by atoms with Crippen LogP contribution in [0, 0.1) is 6.92 Å². The minimum atomic E-state index is -0.753. The van der Waals surface area contributed by atoms with Crippen LogP contribution in [0.2, 0.25) is 10.0 Å². The van der Waals surface area contributed by atoms with Crippen molar-refractivity contribution in [2.75, 3.05) is 13.1 Å². The van der Waals surface area contributed by atoms with Crippen LogP contribution in [0.5, 0.6) is 0 Å². The van der Waals surface area contributed by atoms with Gasteiger partial charge in [0.15, 0.2) is 5.96 Å². The number of aliphatic hydroxyl groups excluding tert-OH is 1. The Labute approximate surface area is 181 Å². The minimum absolute atomic E-state index is 0. The minimum Gasteiger partial charge on any atom is -0.387 e. The maximum Gasteiger partial charge on any atom is 0.191 e. The fourth-order valence-corrected chi connectivity index (χ4v) is 2.80. The predicted octanol–water partition coefficient (Wildman–Crippen LogP) is 4.10. The van der Waals surface area contributed by atoms with Gasteiger partial charge in [0, 0.05) is 29.3 Å². The van der Waals surface area contributed by atoms with Crippen LogP contribution in [0.15, 0.2) is 41.5 Å². The summed E-state index contributed by atoms with van der Waals surface area (Å²) in [5.74, 6) is 0.611. The third-order valence-corrected chi connectivity index (χ3v) is 4.02. The number of aryl methyl sites for hydroxylation is 1. The van der Waals surface area contributed by atoms with Gasteiger partial charge in [-0.05, 0) is 49.2 Å². The molecule has 0 saturated carbocycles. The average molecular weight is 509 g/mol. The zero-order valence-corrected chi connectivity index (χ0v) is 18.5. The second-order valence-electron chi connectivity index (χ2n) is 5.56. The monoisotopic (exact) mass is 508 g/mol. The average Bonchev–Trinajstić information content (AvgIpc) is 2.57. The number of pyridine rings is 1. The van der Waals surface area contributed by atoms with E-state index in [9.17, 15) is 5.11 Å². The van der Waals surface area contributed by atoms with Gasteiger partial charge in [0.1, 0.15) is 0 Å². The molecular formula is C18H23Cl2IN4O. The van der Waals surface area contributed by atoms with E-state index in [2.05, 4.69) is 20.6 Å². The van der Waals surface area contributed by atoms with Crippen molar-refractivity contribution in [2.45, 2.75) is 26.5 Å². The van der Waals surface area contributed by atoms with Crippen molar-refractivity contribution in [3.8, 4) is 0 Å². The van der Waals surface area contributed by atoms with E-state index in [1.807, 2.05) is 26.0 Å². The summed E-state index contributed by atoms with van der Waals surface area (Å²) in [4.78, 5) is 8.85. The van der Waals surface area contributed by atoms with Crippen LogP contribution in [0.3, 0.4) is 0 Å². The number of aromatic nitrogens is 1. The molecule has 0 radical (unpaired) electrons. The van der Waals surface area contributed by atoms with Gasteiger partial charge in [-0.1, -0.05) is 29.3 Å². The third-order valence-electron chi connectivity index (χ3n) is 3.58. The lowest BCUT2D eigenvalue weighted by Gasteiger charge is -2.16. The van der Waals surface area contributed by atoms with Crippen LogP contribution < -0.4 is 10.6 Å². The van der Waals surface area contributed by atoms with E-state index in [0.29, 0.717) is 34.7 Å². The molecule has 1 atom stereocenters. The highest BCUT2D eigenvalue weighted by atomic mass is 127. The summed E-state index contributed by atoms with van der Waals surface area (Å²) in [6.07, 6.45) is 1.00. The normalized spacial score (nSPS) is 12.3. The van der Waals surface area contributed by atoms with Crippen molar-refractivity contribution < 1.29 is 5.11 Å². The first-order valence-electron chi connectivity index (χ1n) is 8.06. The highest BCUT2D eigenvalue weighted by molar-refractivity contribution is 14.0. The first-order valence-corrected chi connectivity index (χ1v) is 8.82. The molecule has 142 valence electrons. The topological polar surface area (TPSA) is 69.5 Å². The van der Waals surface area contributed by atoms with Crippen molar-refractivity contribution in [3.05, 3.63) is 63.4 Å². The summed E-state index contributed by atoms with van der Waals surface area (Å²) in [6, 6.07) is 8.93. The maximum absolute atomic E-state index is 10.3. The predicted molar refractivity (Wildman–Crippen MR) is 119 cm³/mol. The van der Waals surface area contributed by atoms with Gasteiger partial charge in [0.2, 0.25) is 0 Å². The number of nitrogens with zero attached hydrogens (tertiary/aromatic N) is 2. The Morgan fingerprint density at radius 3 is 2.54 bits per heavy atom. The van der Waals surface area contributed by atoms with Crippen LogP contribution in [0.4, 0.5) is 0 Å². The molecule has 0 spiro atoms. The molecule has 0 bridgehead atoms. The zero-order valence-electron chi connectivity index (χ0n) is 14.7. The first-order chi connectivity index (χ1) is 12.0. The summed E-state index contributed by atoms with van der Waals surface area (Å²) in [7, 11) is 0. The number of hydrogen-bond acceptors (Lipinski definition) is 3. The van der Waals surface area contributed by atoms with E-state index in [1.165, 1.54) is 0 Å². The molecule has 0 aliphatic heterocycles. The molecule has 0 fully saturated rings. The Morgan fingerprint density at radius 2 is 1.92 bits per heavy atom. The largest absolute Gasteiger partial charge is 0.387 e. The summed E-state index contributed by atoms with van der Waals surface area (Å²) < 4.78 is 0. The second-order valence-corrected chi connectivity index (χ2v) is 6.43. The number of benzene rings is 1. The molecule has 5 nitrogen and oxygen atoms in total. The van der Waals surface area contributed by atoms with E-state index < -0.39 is 6.10 Å². The molecule has 0 saturated heterocycles. The Balaban J connectivity index is 0.00000338. The molecule has 3 N–H and O–H groups in total. The van der Waals surface area contributed by atoms with E-state index in [0.717, 1.165) is 11.3 Å². The molecule has 1 aromatic carbocycles. The molecule has 1 aromatic heterocycles. The fourth-order valence-electron chi connectivity index (χ4n) is 2.26. The molecule has 1 heterocycles. The second kappa shape index (κ2) is 11.6. The Kier molecular flexibility index (Phi) is 10.2. The molecular weight excluding hydrogens is 486 g/mol. The number of aliphatic hydroxyl groups is 1. The van der Waals surface area contributed by atoms with Gasteiger partial charge in [0.05, 0.1) is 18.3 Å². The lowest BCUT2D eigenvalue weighted by Crippen LogP contribution is -2.39. The van der Waals surface area contributed by atoms with E-state index >= 15 is 0 Å². The smallest absolute Gasteiger partial charge is 0.191 e. The fraction of sp³-hybridized carbons (Fsp3) is 0.333. The number of nitrogens with one attached hydrogen (secondary N) is 2. The SMILES string of the molecule is CCNC(=NCc1ncccc1C)NCC(O)c1cc(Cl)cc(Cl)c1.I. The molecule has 1 unspecified atom stereocenters. The number of hydrogen-bond donors (Lipinski definition) is 3. The van der Waals surface area contributed by atoms with Crippen LogP contribution in [0.1, 0.15) is 29.8 Å². The molecule has 0 aliphatic rings. The molecule has 26 heavy (non-hydrogen) atoms. The lowest BCUT2D eigenvalue weighted by atomic mass is 10.1. The standard InChI is InChI=1S/C18H22Cl2N4O.HI/c1-3-21-18(23-10-16-12(2)5-4-6-22-16)24-11-17(25)13-7-14(19)9-15(20)8-13;/h4-9,17,25H,3,10-11H2,1-2H3,(H2,21,23,24);1H. The van der Waals surface area contributed by atoms with Gasteiger partial charge in [-0.25, -0.2) is 4.99 Å². The van der Waals surface area contributed by atoms with E-state index in [1.54, 1.807) is 24.4 Å². The quantitative estimate of drug-likeness (QED) is 0.312. The number of guanidine groups is 1. The van der Waals surface area contributed by atoms with Crippen molar-refractivity contribution >= 4 is 53.1 Å². The van der Waals surface area contributed by atoms with Crippen molar-refractivity contribution in [3.63, 3.8) is 0 Å². The van der Waals surface area contributed by atoms with Gasteiger partial charge in [0.25, 0.3) is 0 Å². The number of halogens is 3. The zero-order chi connectivity index (χ0) is 18.2. The van der Waals surface area contributed by atoms with Gasteiger partial charge < -0.3 is 15.7 Å².